The Hall–Kier alpha value is -3.23. The summed E-state index contributed by atoms with van der Waals surface area (Å²) in [4.78, 5) is 39.4. The second-order valence-corrected chi connectivity index (χ2v) is 9.98. The lowest BCUT2D eigenvalue weighted by molar-refractivity contribution is -0.133. The zero-order chi connectivity index (χ0) is 26.3. The van der Waals surface area contributed by atoms with Gasteiger partial charge < -0.3 is 25.8 Å². The molecule has 0 aromatic heterocycles. The molecule has 1 aliphatic rings. The SMILES string of the molecule is COc1ccc(CC(N)C(=O)N[C@@H](Cc2ccccc2)C(=O)N[C@@H](CC(C)C)C(=O)[C@@]2(C)CO2)cc1. The van der Waals surface area contributed by atoms with Gasteiger partial charge in [0.2, 0.25) is 11.8 Å². The van der Waals surface area contributed by atoms with Crippen LogP contribution in [-0.4, -0.2) is 55.0 Å². The largest absolute Gasteiger partial charge is 0.497 e. The summed E-state index contributed by atoms with van der Waals surface area (Å²) in [5.41, 5.74) is 7.10. The van der Waals surface area contributed by atoms with E-state index in [-0.39, 0.29) is 18.1 Å². The summed E-state index contributed by atoms with van der Waals surface area (Å²) in [6.45, 7) is 6.06. The molecule has 4 N–H and O–H groups in total. The molecule has 8 heteroatoms. The van der Waals surface area contributed by atoms with Crippen LogP contribution in [0.25, 0.3) is 0 Å². The highest BCUT2D eigenvalue weighted by atomic mass is 16.6. The molecule has 0 radical (unpaired) electrons. The van der Waals surface area contributed by atoms with Crippen molar-refractivity contribution in [3.05, 3.63) is 65.7 Å². The topological polar surface area (TPSA) is 123 Å². The van der Waals surface area contributed by atoms with Crippen molar-refractivity contribution in [2.75, 3.05) is 13.7 Å². The van der Waals surface area contributed by atoms with Crippen LogP contribution in [0.4, 0.5) is 0 Å². The first kappa shape index (κ1) is 27.4. The first-order valence-corrected chi connectivity index (χ1v) is 12.3. The minimum absolute atomic E-state index is 0.148. The lowest BCUT2D eigenvalue weighted by Gasteiger charge is -2.26. The third-order valence-electron chi connectivity index (χ3n) is 6.31. The Morgan fingerprint density at radius 1 is 0.944 bits per heavy atom. The van der Waals surface area contributed by atoms with Crippen molar-refractivity contribution >= 4 is 17.6 Å². The number of ketones is 1. The summed E-state index contributed by atoms with van der Waals surface area (Å²) in [5.74, 6) is -0.113. The zero-order valence-electron chi connectivity index (χ0n) is 21.5. The molecule has 1 heterocycles. The Balaban J connectivity index is 1.72. The fourth-order valence-electron chi connectivity index (χ4n) is 4.04. The minimum Gasteiger partial charge on any atom is -0.497 e. The number of amides is 2. The summed E-state index contributed by atoms with van der Waals surface area (Å²) in [6, 6.07) is 14.3. The van der Waals surface area contributed by atoms with Crippen LogP contribution >= 0.6 is 0 Å². The maximum atomic E-state index is 13.4. The van der Waals surface area contributed by atoms with Crippen LogP contribution in [-0.2, 0) is 32.0 Å². The first-order valence-electron chi connectivity index (χ1n) is 12.3. The van der Waals surface area contributed by atoms with Crippen LogP contribution in [0.15, 0.2) is 54.6 Å². The third-order valence-corrected chi connectivity index (χ3v) is 6.31. The summed E-state index contributed by atoms with van der Waals surface area (Å²) in [5, 5.41) is 5.70. The molecule has 0 saturated carbocycles. The van der Waals surface area contributed by atoms with Crippen molar-refractivity contribution in [3.63, 3.8) is 0 Å². The number of hydrogen-bond acceptors (Lipinski definition) is 6. The summed E-state index contributed by atoms with van der Waals surface area (Å²) < 4.78 is 10.5. The molecular formula is C28H37N3O5. The summed E-state index contributed by atoms with van der Waals surface area (Å²) in [6.07, 6.45) is 1.05. The van der Waals surface area contributed by atoms with Gasteiger partial charge in [-0.15, -0.1) is 0 Å². The molecule has 2 amide bonds. The van der Waals surface area contributed by atoms with Crippen molar-refractivity contribution in [2.45, 2.75) is 63.8 Å². The maximum Gasteiger partial charge on any atom is 0.243 e. The summed E-state index contributed by atoms with van der Waals surface area (Å²) >= 11 is 0. The molecule has 0 bridgehead atoms. The van der Waals surface area contributed by atoms with Crippen molar-refractivity contribution in [1.82, 2.24) is 10.6 Å². The van der Waals surface area contributed by atoms with E-state index >= 15 is 0 Å². The van der Waals surface area contributed by atoms with Crippen LogP contribution in [0.1, 0.15) is 38.3 Å². The van der Waals surface area contributed by atoms with E-state index in [0.717, 1.165) is 11.1 Å². The fraction of sp³-hybridized carbons (Fsp3) is 0.464. The molecule has 1 aliphatic heterocycles. The number of nitrogens with two attached hydrogens (primary N) is 1. The normalized spacial score (nSPS) is 19.2. The number of nitrogens with one attached hydrogen (secondary N) is 2. The van der Waals surface area contributed by atoms with E-state index in [0.29, 0.717) is 25.2 Å². The van der Waals surface area contributed by atoms with Crippen LogP contribution in [0.3, 0.4) is 0 Å². The predicted octanol–water partition coefficient (Wildman–Crippen LogP) is 2.18. The Bertz CT molecular complexity index is 1030. The number of hydrogen-bond donors (Lipinski definition) is 3. The number of carbonyl (C=O) groups excluding carboxylic acids is 3. The van der Waals surface area contributed by atoms with Gasteiger partial charge >= 0.3 is 0 Å². The smallest absolute Gasteiger partial charge is 0.243 e. The molecular weight excluding hydrogens is 458 g/mol. The second kappa shape index (κ2) is 12.1. The molecule has 2 aromatic carbocycles. The Morgan fingerprint density at radius 3 is 2.08 bits per heavy atom. The summed E-state index contributed by atoms with van der Waals surface area (Å²) in [7, 11) is 1.59. The number of carbonyl (C=O) groups is 3. The van der Waals surface area contributed by atoms with Crippen LogP contribution < -0.4 is 21.1 Å². The van der Waals surface area contributed by atoms with Crippen molar-refractivity contribution in [1.29, 1.82) is 0 Å². The molecule has 8 nitrogen and oxygen atoms in total. The van der Waals surface area contributed by atoms with E-state index in [1.165, 1.54) is 0 Å². The molecule has 194 valence electrons. The molecule has 2 aromatic rings. The highest BCUT2D eigenvalue weighted by Gasteiger charge is 2.50. The average molecular weight is 496 g/mol. The predicted molar refractivity (Wildman–Crippen MR) is 137 cm³/mol. The van der Waals surface area contributed by atoms with E-state index in [2.05, 4.69) is 10.6 Å². The van der Waals surface area contributed by atoms with Gasteiger partial charge in [0.15, 0.2) is 5.78 Å². The van der Waals surface area contributed by atoms with E-state index in [9.17, 15) is 14.4 Å². The van der Waals surface area contributed by atoms with Crippen molar-refractivity contribution in [3.8, 4) is 5.75 Å². The second-order valence-electron chi connectivity index (χ2n) is 9.98. The van der Waals surface area contributed by atoms with Crippen molar-refractivity contribution < 1.29 is 23.9 Å². The van der Waals surface area contributed by atoms with Gasteiger partial charge in [-0.1, -0.05) is 56.3 Å². The van der Waals surface area contributed by atoms with Crippen LogP contribution in [0, 0.1) is 5.92 Å². The van der Waals surface area contributed by atoms with Crippen LogP contribution in [0.5, 0.6) is 5.75 Å². The number of Topliss-reactive ketones (excluding diaryl/α,β-unsaturated/α-hetero) is 1. The van der Waals surface area contributed by atoms with E-state index in [1.54, 1.807) is 14.0 Å². The van der Waals surface area contributed by atoms with Gasteiger partial charge in [0.1, 0.15) is 17.4 Å². The standard InChI is InChI=1S/C28H37N3O5/c1-18(2)14-23(25(32)28(3)17-36-28)30-27(34)24(16-19-8-6-5-7-9-19)31-26(33)22(29)15-20-10-12-21(35-4)13-11-20/h5-13,18,22-24H,14-17,29H2,1-4H3,(H,30,34)(H,31,33)/t22?,23-,24-,28+/m0/s1. The molecule has 0 aliphatic carbocycles. The number of ether oxygens (including phenoxy) is 2. The Kier molecular flexibility index (Phi) is 9.23. The van der Waals surface area contributed by atoms with Gasteiger partial charge in [-0.2, -0.15) is 0 Å². The highest BCUT2D eigenvalue weighted by molar-refractivity contribution is 5.98. The van der Waals surface area contributed by atoms with Gasteiger partial charge in [0, 0.05) is 6.42 Å². The number of rotatable bonds is 13. The number of epoxide rings is 1. The Labute approximate surface area is 212 Å². The van der Waals surface area contributed by atoms with Crippen LogP contribution in [0.2, 0.25) is 0 Å². The monoisotopic (exact) mass is 495 g/mol. The minimum atomic E-state index is -0.891. The maximum absolute atomic E-state index is 13.4. The quantitative estimate of drug-likeness (QED) is 0.366. The average Bonchev–Trinajstić information content (AvgIpc) is 3.61. The lowest BCUT2D eigenvalue weighted by atomic mass is 9.93. The van der Waals surface area contributed by atoms with E-state index < -0.39 is 35.5 Å². The Morgan fingerprint density at radius 2 is 1.53 bits per heavy atom. The number of benzene rings is 2. The van der Waals surface area contributed by atoms with E-state index in [1.807, 2.05) is 68.4 Å². The first-order chi connectivity index (χ1) is 17.1. The highest BCUT2D eigenvalue weighted by Crippen LogP contribution is 2.29. The van der Waals surface area contributed by atoms with Gasteiger partial charge in [0.05, 0.1) is 25.8 Å². The van der Waals surface area contributed by atoms with Gasteiger partial charge in [-0.05, 0) is 48.9 Å². The number of methoxy groups -OCH3 is 1. The molecule has 0 spiro atoms. The lowest BCUT2D eigenvalue weighted by Crippen LogP contribution is -2.56. The fourth-order valence-corrected chi connectivity index (χ4v) is 4.04. The molecule has 1 saturated heterocycles. The van der Waals surface area contributed by atoms with Crippen molar-refractivity contribution in [2.24, 2.45) is 11.7 Å². The molecule has 3 rings (SSSR count). The van der Waals surface area contributed by atoms with E-state index in [4.69, 9.17) is 15.2 Å². The van der Waals surface area contributed by atoms with Gasteiger partial charge in [-0.3, -0.25) is 14.4 Å². The molecule has 4 atom stereocenters. The molecule has 1 fully saturated rings. The third kappa shape index (κ3) is 7.63. The van der Waals surface area contributed by atoms with Gasteiger partial charge in [0.25, 0.3) is 0 Å². The zero-order valence-corrected chi connectivity index (χ0v) is 21.5. The van der Waals surface area contributed by atoms with Gasteiger partial charge in [-0.25, -0.2) is 0 Å². The molecule has 1 unspecified atom stereocenters. The molecule has 36 heavy (non-hydrogen) atoms.